The minimum atomic E-state index is -1.75. The van der Waals surface area contributed by atoms with Crippen LogP contribution in [0.3, 0.4) is 0 Å². The summed E-state index contributed by atoms with van der Waals surface area (Å²) in [7, 11) is -1.75. The molecule has 2 heterocycles. The van der Waals surface area contributed by atoms with Crippen LogP contribution < -0.4 is 0 Å². The molecule has 2 aliphatic heterocycles. The number of carbonyl (C=O) groups excluding carboxylic acids is 1. The van der Waals surface area contributed by atoms with E-state index in [4.69, 9.17) is 4.43 Å². The Hall–Kier alpha value is -0.973. The molecule has 0 radical (unpaired) electrons. The summed E-state index contributed by atoms with van der Waals surface area (Å²) in [5, 5.41) is 0.206. The molecule has 0 saturated carbocycles. The zero-order chi connectivity index (χ0) is 19.7. The number of Topliss-reactive ketones (excluding diaryl/α,β-unsaturated/α-hetero) is 1. The Bertz CT molecular complexity index is 624. The maximum Gasteiger partial charge on any atom is 0.191 e. The fraction of sp³-hybridized carbons (Fsp3) is 0.696. The Morgan fingerprint density at radius 1 is 1.11 bits per heavy atom. The second-order valence-electron chi connectivity index (χ2n) is 10.0. The van der Waals surface area contributed by atoms with Gasteiger partial charge in [-0.1, -0.05) is 51.1 Å². The van der Waals surface area contributed by atoms with Crippen molar-refractivity contribution in [2.75, 3.05) is 6.61 Å². The van der Waals surface area contributed by atoms with Crippen LogP contribution in [0.5, 0.6) is 0 Å². The lowest BCUT2D eigenvalue weighted by Gasteiger charge is -2.39. The van der Waals surface area contributed by atoms with Gasteiger partial charge in [0.2, 0.25) is 0 Å². The molecular weight excluding hydrogens is 350 g/mol. The molecule has 2 fully saturated rings. The molecule has 0 spiro atoms. The van der Waals surface area contributed by atoms with E-state index in [-0.39, 0.29) is 11.0 Å². The van der Waals surface area contributed by atoms with Crippen molar-refractivity contribution in [3.05, 3.63) is 35.9 Å². The summed E-state index contributed by atoms with van der Waals surface area (Å²) in [6, 6.07) is 11.9. The predicted molar refractivity (Wildman–Crippen MR) is 114 cm³/mol. The number of piperidine rings is 1. The van der Waals surface area contributed by atoms with Gasteiger partial charge in [-0.2, -0.15) is 0 Å². The largest absolute Gasteiger partial charge is 0.416 e. The van der Waals surface area contributed by atoms with Crippen molar-refractivity contribution in [1.29, 1.82) is 0 Å². The zero-order valence-electron chi connectivity index (χ0n) is 17.8. The van der Waals surface area contributed by atoms with E-state index in [1.165, 1.54) is 18.4 Å². The first kappa shape index (κ1) is 20.8. The summed E-state index contributed by atoms with van der Waals surface area (Å²) in [5.41, 5.74) is 1.39. The van der Waals surface area contributed by atoms with Crippen molar-refractivity contribution in [1.82, 2.24) is 4.90 Å². The maximum absolute atomic E-state index is 12.8. The smallest absolute Gasteiger partial charge is 0.191 e. The second kappa shape index (κ2) is 8.18. The third-order valence-electron chi connectivity index (χ3n) is 7.17. The van der Waals surface area contributed by atoms with Gasteiger partial charge in [-0.15, -0.1) is 0 Å². The van der Waals surface area contributed by atoms with Gasteiger partial charge in [-0.25, -0.2) is 0 Å². The van der Waals surface area contributed by atoms with Crippen LogP contribution >= 0.6 is 0 Å². The van der Waals surface area contributed by atoms with Crippen LogP contribution in [-0.2, 0) is 15.8 Å². The minimum absolute atomic E-state index is 0.206. The van der Waals surface area contributed by atoms with Gasteiger partial charge in [0, 0.05) is 37.6 Å². The Morgan fingerprint density at radius 2 is 1.70 bits per heavy atom. The van der Waals surface area contributed by atoms with Gasteiger partial charge in [-0.3, -0.25) is 9.69 Å². The number of hydrogen-bond acceptors (Lipinski definition) is 3. The monoisotopic (exact) mass is 387 g/mol. The molecule has 2 saturated heterocycles. The fourth-order valence-electron chi connectivity index (χ4n) is 4.42. The summed E-state index contributed by atoms with van der Waals surface area (Å²) >= 11 is 0. The highest BCUT2D eigenvalue weighted by Crippen LogP contribution is 2.40. The first-order valence-electron chi connectivity index (χ1n) is 10.6. The van der Waals surface area contributed by atoms with E-state index in [1.54, 1.807) is 0 Å². The molecule has 0 aliphatic carbocycles. The zero-order valence-corrected chi connectivity index (χ0v) is 18.8. The van der Waals surface area contributed by atoms with E-state index in [1.807, 2.05) is 0 Å². The summed E-state index contributed by atoms with van der Waals surface area (Å²) < 4.78 is 6.23. The maximum atomic E-state index is 12.8. The summed E-state index contributed by atoms with van der Waals surface area (Å²) in [5.74, 6) is 0.683. The van der Waals surface area contributed by atoms with Crippen LogP contribution in [0.15, 0.2) is 30.3 Å². The van der Waals surface area contributed by atoms with Crippen molar-refractivity contribution in [2.45, 2.75) is 89.6 Å². The Labute approximate surface area is 166 Å². The average Bonchev–Trinajstić information content (AvgIpc) is 2.83. The predicted octanol–water partition coefficient (Wildman–Crippen LogP) is 5.41. The molecule has 3 nitrogen and oxygen atoms in total. The molecule has 2 atom stereocenters. The van der Waals surface area contributed by atoms with Crippen LogP contribution in [0.1, 0.15) is 58.4 Å². The van der Waals surface area contributed by atoms with E-state index in [2.05, 4.69) is 69.1 Å². The van der Waals surface area contributed by atoms with Crippen molar-refractivity contribution < 1.29 is 9.22 Å². The second-order valence-corrected chi connectivity index (χ2v) is 14.8. The number of rotatable bonds is 7. The summed E-state index contributed by atoms with van der Waals surface area (Å²) in [4.78, 5) is 15.5. The molecule has 0 N–H and O–H groups in total. The molecule has 4 heteroatoms. The lowest BCUT2D eigenvalue weighted by atomic mass is 9.86. The lowest BCUT2D eigenvalue weighted by Crippen LogP contribution is -2.44. The van der Waals surface area contributed by atoms with E-state index >= 15 is 0 Å². The first-order chi connectivity index (χ1) is 12.7. The minimum Gasteiger partial charge on any atom is -0.416 e. The highest BCUT2D eigenvalue weighted by atomic mass is 28.4. The van der Waals surface area contributed by atoms with E-state index in [9.17, 15) is 4.79 Å². The van der Waals surface area contributed by atoms with Gasteiger partial charge in [0.05, 0.1) is 0 Å². The molecule has 1 aromatic rings. The molecule has 1 aromatic carbocycles. The number of fused-ring (bicyclic) bond motifs is 2. The SMILES string of the molecule is CC(C)(C)[Si](C)(C)OCCC(=O)C1CC2CCC(C1)N2Cc1ccccc1. The number of carbonyl (C=O) groups is 1. The molecular formula is C23H37NO2Si. The molecule has 27 heavy (non-hydrogen) atoms. The highest BCUT2D eigenvalue weighted by Gasteiger charge is 2.42. The van der Waals surface area contributed by atoms with E-state index in [0.29, 0.717) is 30.9 Å². The first-order valence-corrected chi connectivity index (χ1v) is 13.5. The average molecular weight is 388 g/mol. The topological polar surface area (TPSA) is 29.5 Å². The Balaban J connectivity index is 1.50. The lowest BCUT2D eigenvalue weighted by molar-refractivity contribution is -0.125. The van der Waals surface area contributed by atoms with Crippen LogP contribution in [0, 0.1) is 5.92 Å². The number of benzene rings is 1. The van der Waals surface area contributed by atoms with Crippen molar-refractivity contribution in [3.8, 4) is 0 Å². The number of nitrogens with zero attached hydrogens (tertiary/aromatic N) is 1. The quantitative estimate of drug-likeness (QED) is 0.586. The Kier molecular flexibility index (Phi) is 6.29. The third-order valence-corrected chi connectivity index (χ3v) is 11.7. The van der Waals surface area contributed by atoms with Crippen molar-refractivity contribution >= 4 is 14.1 Å². The van der Waals surface area contributed by atoms with Gasteiger partial charge in [0.1, 0.15) is 5.78 Å². The summed E-state index contributed by atoms with van der Waals surface area (Å²) in [6.07, 6.45) is 5.18. The Morgan fingerprint density at radius 3 is 2.26 bits per heavy atom. The van der Waals surface area contributed by atoms with E-state index < -0.39 is 8.32 Å². The number of hydrogen-bond donors (Lipinski definition) is 0. The number of ketones is 1. The molecule has 2 bridgehead atoms. The van der Waals surface area contributed by atoms with E-state index in [0.717, 1.165) is 19.4 Å². The highest BCUT2D eigenvalue weighted by molar-refractivity contribution is 6.74. The van der Waals surface area contributed by atoms with Gasteiger partial charge in [0.15, 0.2) is 8.32 Å². The van der Waals surface area contributed by atoms with Crippen LogP contribution in [-0.4, -0.2) is 37.7 Å². The molecule has 150 valence electrons. The van der Waals surface area contributed by atoms with Crippen molar-refractivity contribution in [3.63, 3.8) is 0 Å². The summed E-state index contributed by atoms with van der Waals surface area (Å²) in [6.45, 7) is 12.9. The van der Waals surface area contributed by atoms with Gasteiger partial charge < -0.3 is 4.43 Å². The fourth-order valence-corrected chi connectivity index (χ4v) is 5.46. The molecule has 2 aliphatic rings. The molecule has 3 rings (SSSR count). The van der Waals surface area contributed by atoms with Gasteiger partial charge in [0.25, 0.3) is 0 Å². The van der Waals surface area contributed by atoms with Gasteiger partial charge in [-0.05, 0) is 49.4 Å². The van der Waals surface area contributed by atoms with Gasteiger partial charge >= 0.3 is 0 Å². The standard InChI is InChI=1S/C23H37NO2Si/c1-23(2,3)27(4,5)26-14-13-22(25)19-15-20-11-12-21(16-19)24(20)17-18-9-7-6-8-10-18/h6-10,19-21H,11-17H2,1-5H3. The van der Waals surface area contributed by atoms with Crippen LogP contribution in [0.2, 0.25) is 18.1 Å². The normalized spacial score (nSPS) is 26.3. The van der Waals surface area contributed by atoms with Crippen LogP contribution in [0.25, 0.3) is 0 Å². The third kappa shape index (κ3) is 4.90. The molecule has 2 unspecified atom stereocenters. The molecule has 0 amide bonds. The van der Waals surface area contributed by atoms with Crippen molar-refractivity contribution in [2.24, 2.45) is 5.92 Å². The van der Waals surface area contributed by atoms with Crippen LogP contribution in [0.4, 0.5) is 0 Å². The molecule has 0 aromatic heterocycles.